The van der Waals surface area contributed by atoms with Crippen molar-refractivity contribution in [3.8, 4) is 11.3 Å². The Kier molecular flexibility index (Phi) is 7.56. The number of benzene rings is 2. The first-order valence-corrected chi connectivity index (χ1v) is 12.8. The number of nitrogens with zero attached hydrogens (tertiary/aromatic N) is 3. The molecule has 7 nitrogen and oxygen atoms in total. The predicted molar refractivity (Wildman–Crippen MR) is 139 cm³/mol. The van der Waals surface area contributed by atoms with Crippen molar-refractivity contribution in [2.24, 2.45) is 0 Å². The number of hydrogen-bond acceptors (Lipinski definition) is 7. The Morgan fingerprint density at radius 2 is 1.84 bits per heavy atom. The Labute approximate surface area is 219 Å². The van der Waals surface area contributed by atoms with Crippen molar-refractivity contribution < 1.29 is 27.4 Å². The number of halogens is 3. The molecule has 2 saturated heterocycles. The number of piperidine rings is 1. The van der Waals surface area contributed by atoms with Crippen LogP contribution in [0.2, 0.25) is 0 Å². The highest BCUT2D eigenvalue weighted by Gasteiger charge is 2.32. The molecule has 2 aromatic carbocycles. The van der Waals surface area contributed by atoms with Crippen LogP contribution in [-0.4, -0.2) is 73.3 Å². The maximum absolute atomic E-state index is 13.6. The Morgan fingerprint density at radius 1 is 1.11 bits per heavy atom. The van der Waals surface area contributed by atoms with Gasteiger partial charge in [0.2, 0.25) is 0 Å². The maximum atomic E-state index is 13.6. The highest BCUT2D eigenvalue weighted by atomic mass is 19.4. The summed E-state index contributed by atoms with van der Waals surface area (Å²) in [5.74, 6) is -0.575. The molecule has 0 spiro atoms. The fourth-order valence-electron chi connectivity index (χ4n) is 5.50. The predicted octanol–water partition coefficient (Wildman–Crippen LogP) is 4.59. The summed E-state index contributed by atoms with van der Waals surface area (Å²) < 4.78 is 51.4. The smallest absolute Gasteiger partial charge is 0.416 e. The normalized spacial score (nSPS) is 18.1. The number of hydrogen-bond donors (Lipinski definition) is 1. The van der Waals surface area contributed by atoms with Crippen LogP contribution in [0, 0.1) is 0 Å². The van der Waals surface area contributed by atoms with Gasteiger partial charge in [-0.3, -0.25) is 9.80 Å². The van der Waals surface area contributed by atoms with Gasteiger partial charge in [0.25, 0.3) is 0 Å². The van der Waals surface area contributed by atoms with Gasteiger partial charge in [-0.1, -0.05) is 12.1 Å². The van der Waals surface area contributed by atoms with Crippen LogP contribution in [-0.2, 0) is 22.2 Å². The zero-order valence-corrected chi connectivity index (χ0v) is 21.3. The van der Waals surface area contributed by atoms with Crippen LogP contribution in [0.5, 0.6) is 0 Å². The van der Waals surface area contributed by atoms with E-state index < -0.39 is 17.7 Å². The third kappa shape index (κ3) is 5.48. The summed E-state index contributed by atoms with van der Waals surface area (Å²) in [7, 11) is 1.29. The zero-order chi connectivity index (χ0) is 26.9. The van der Waals surface area contributed by atoms with Crippen LogP contribution in [0.3, 0.4) is 0 Å². The number of esters is 1. The minimum absolute atomic E-state index is 0.285. The van der Waals surface area contributed by atoms with E-state index in [-0.39, 0.29) is 5.56 Å². The van der Waals surface area contributed by atoms with Crippen molar-refractivity contribution in [3.63, 3.8) is 0 Å². The number of carbonyl (C=O) groups is 1. The minimum Gasteiger partial charge on any atom is -0.465 e. The zero-order valence-electron chi connectivity index (χ0n) is 21.3. The number of morpholine rings is 1. The van der Waals surface area contributed by atoms with E-state index in [1.165, 1.54) is 13.2 Å². The SMILES string of the molecule is COC(=O)c1c(CN2CCC(N3CCOCC3)CC2)c(-c2cccc(C(F)(F)F)c2)nc2ccc(N)cc12. The topological polar surface area (TPSA) is 80.9 Å². The quantitative estimate of drug-likeness (QED) is 0.383. The van der Waals surface area contributed by atoms with Crippen LogP contribution in [0.15, 0.2) is 42.5 Å². The Morgan fingerprint density at radius 3 is 2.53 bits per heavy atom. The number of alkyl halides is 3. The Bertz CT molecular complexity index is 1320. The lowest BCUT2D eigenvalue weighted by molar-refractivity contribution is -0.137. The van der Waals surface area contributed by atoms with E-state index in [9.17, 15) is 18.0 Å². The van der Waals surface area contributed by atoms with Crippen LogP contribution in [0.25, 0.3) is 22.2 Å². The molecule has 0 saturated carbocycles. The summed E-state index contributed by atoms with van der Waals surface area (Å²) in [6.45, 7) is 5.27. The lowest BCUT2D eigenvalue weighted by Crippen LogP contribution is -2.48. The van der Waals surface area contributed by atoms with Crippen molar-refractivity contribution in [2.45, 2.75) is 31.6 Å². The van der Waals surface area contributed by atoms with Crippen molar-refractivity contribution in [3.05, 3.63) is 59.2 Å². The number of rotatable bonds is 5. The number of likely N-dealkylation sites (tertiary alicyclic amines) is 1. The second-order valence-corrected chi connectivity index (χ2v) is 9.82. The average Bonchev–Trinajstić information content (AvgIpc) is 2.93. The summed E-state index contributed by atoms with van der Waals surface area (Å²) in [6.07, 6.45) is -2.59. The monoisotopic (exact) mass is 528 g/mol. The van der Waals surface area contributed by atoms with E-state index in [2.05, 4.69) is 9.80 Å². The molecule has 0 bridgehead atoms. The molecule has 2 aliphatic rings. The van der Waals surface area contributed by atoms with Gasteiger partial charge in [-0.2, -0.15) is 13.2 Å². The Balaban J connectivity index is 1.56. The van der Waals surface area contributed by atoms with Crippen molar-refractivity contribution in [2.75, 3.05) is 52.2 Å². The van der Waals surface area contributed by atoms with Gasteiger partial charge < -0.3 is 15.2 Å². The van der Waals surface area contributed by atoms with Gasteiger partial charge in [-0.15, -0.1) is 0 Å². The van der Waals surface area contributed by atoms with Crippen molar-refractivity contribution in [1.82, 2.24) is 14.8 Å². The molecule has 2 aliphatic heterocycles. The van der Waals surface area contributed by atoms with Crippen molar-refractivity contribution in [1.29, 1.82) is 0 Å². The third-order valence-corrected chi connectivity index (χ3v) is 7.46. The number of fused-ring (bicyclic) bond motifs is 1. The molecular formula is C28H31F3N4O3. The number of ether oxygens (including phenoxy) is 2. The van der Waals surface area contributed by atoms with Crippen LogP contribution >= 0.6 is 0 Å². The molecule has 0 unspecified atom stereocenters. The number of anilines is 1. The first kappa shape index (κ1) is 26.4. The van der Waals surface area contributed by atoms with Gasteiger partial charge in [0.15, 0.2) is 0 Å². The second-order valence-electron chi connectivity index (χ2n) is 9.82. The summed E-state index contributed by atoms with van der Waals surface area (Å²) in [6, 6.07) is 10.5. The Hall–Kier alpha value is -3.21. The van der Waals surface area contributed by atoms with Crippen LogP contribution < -0.4 is 5.73 Å². The van der Waals surface area contributed by atoms with E-state index in [0.717, 1.165) is 64.4 Å². The summed E-state index contributed by atoms with van der Waals surface area (Å²) in [4.78, 5) is 22.6. The molecule has 2 fully saturated rings. The van der Waals surface area contributed by atoms with E-state index in [1.54, 1.807) is 24.3 Å². The maximum Gasteiger partial charge on any atom is 0.416 e. The molecule has 1 aromatic heterocycles. The van der Waals surface area contributed by atoms with Crippen molar-refractivity contribution >= 4 is 22.6 Å². The highest BCUT2D eigenvalue weighted by molar-refractivity contribution is 6.07. The van der Waals surface area contributed by atoms with Gasteiger partial charge in [0.05, 0.1) is 42.7 Å². The first-order chi connectivity index (χ1) is 18.2. The second kappa shape index (κ2) is 10.9. The lowest BCUT2D eigenvalue weighted by Gasteiger charge is -2.40. The van der Waals surface area contributed by atoms with E-state index in [4.69, 9.17) is 20.2 Å². The molecular weight excluding hydrogens is 497 g/mol. The van der Waals surface area contributed by atoms with Crippen LogP contribution in [0.4, 0.5) is 18.9 Å². The number of aromatic nitrogens is 1. The molecule has 38 heavy (non-hydrogen) atoms. The minimum atomic E-state index is -4.51. The molecule has 5 rings (SSSR count). The number of carbonyl (C=O) groups excluding carboxylic acids is 1. The van der Waals surface area contributed by atoms with Gasteiger partial charge in [0, 0.05) is 47.9 Å². The largest absolute Gasteiger partial charge is 0.465 e. The number of methoxy groups -OCH3 is 1. The van der Waals surface area contributed by atoms with Gasteiger partial charge in [-0.25, -0.2) is 9.78 Å². The van der Waals surface area contributed by atoms with E-state index in [0.29, 0.717) is 46.0 Å². The molecule has 3 aromatic rings. The molecule has 3 heterocycles. The molecule has 0 atom stereocenters. The molecule has 202 valence electrons. The van der Waals surface area contributed by atoms with Gasteiger partial charge >= 0.3 is 12.1 Å². The van der Waals surface area contributed by atoms with E-state index >= 15 is 0 Å². The number of pyridine rings is 1. The first-order valence-electron chi connectivity index (χ1n) is 12.8. The molecule has 0 radical (unpaired) electrons. The van der Waals surface area contributed by atoms with E-state index in [1.807, 2.05) is 0 Å². The fraction of sp³-hybridized carbons (Fsp3) is 0.429. The highest BCUT2D eigenvalue weighted by Crippen LogP contribution is 2.36. The van der Waals surface area contributed by atoms with Gasteiger partial charge in [0.1, 0.15) is 0 Å². The summed E-state index contributed by atoms with van der Waals surface area (Å²) >= 11 is 0. The van der Waals surface area contributed by atoms with Crippen LogP contribution in [0.1, 0.15) is 34.3 Å². The third-order valence-electron chi connectivity index (χ3n) is 7.46. The summed E-state index contributed by atoms with van der Waals surface area (Å²) in [5.41, 5.74) is 7.64. The molecule has 0 amide bonds. The van der Waals surface area contributed by atoms with Gasteiger partial charge in [-0.05, 0) is 56.3 Å². The number of nitrogens with two attached hydrogens (primary N) is 1. The lowest BCUT2D eigenvalue weighted by atomic mass is 9.94. The standard InChI is InChI=1S/C28H31F3N4O3/c1-37-27(36)25-22-16-20(32)5-6-24(22)33-26(18-3-2-4-19(15-18)28(29,30)31)23(25)17-34-9-7-21(8-10-34)35-11-13-38-14-12-35/h2-6,15-16,21H,7-14,17,32H2,1H3. The molecule has 0 aliphatic carbocycles. The fourth-order valence-corrected chi connectivity index (χ4v) is 5.50. The average molecular weight is 529 g/mol. The molecule has 10 heteroatoms. The summed E-state index contributed by atoms with van der Waals surface area (Å²) in [5, 5.41) is 0.519. The molecule has 2 N–H and O–H groups in total. The number of nitrogen functional groups attached to an aromatic ring is 1.